The van der Waals surface area contributed by atoms with Gasteiger partial charge in [-0.15, -0.1) is 10.2 Å². The zero-order chi connectivity index (χ0) is 19.5. The summed E-state index contributed by atoms with van der Waals surface area (Å²) < 4.78 is 19.0. The van der Waals surface area contributed by atoms with E-state index in [0.29, 0.717) is 11.8 Å². The van der Waals surface area contributed by atoms with Crippen molar-refractivity contribution in [3.8, 4) is 11.5 Å². The first-order valence-corrected chi connectivity index (χ1v) is 9.70. The third-order valence-electron chi connectivity index (χ3n) is 5.33. The van der Waals surface area contributed by atoms with Crippen LogP contribution in [0.15, 0.2) is 52.9 Å². The molecular weight excluding hydrogens is 355 g/mol. The predicted molar refractivity (Wildman–Crippen MR) is 106 cm³/mol. The summed E-state index contributed by atoms with van der Waals surface area (Å²) >= 11 is 0. The van der Waals surface area contributed by atoms with Gasteiger partial charge in [-0.05, 0) is 43.7 Å². The van der Waals surface area contributed by atoms with Crippen LogP contribution in [0.1, 0.15) is 30.0 Å². The summed E-state index contributed by atoms with van der Waals surface area (Å²) in [6.07, 6.45) is 0. The average molecular weight is 380 g/mol. The summed E-state index contributed by atoms with van der Waals surface area (Å²) in [6, 6.07) is 14.9. The molecule has 28 heavy (non-hydrogen) atoms. The maximum Gasteiger partial charge on any atom is 0.247 e. The van der Waals surface area contributed by atoms with Crippen LogP contribution in [-0.4, -0.2) is 46.2 Å². The molecule has 5 nitrogen and oxygen atoms in total. The molecule has 1 fully saturated rings. The molecule has 1 saturated heterocycles. The Labute approximate surface area is 164 Å². The minimum atomic E-state index is -0.277. The first-order valence-electron chi connectivity index (χ1n) is 9.70. The number of nitrogens with zero attached hydrogens (tertiary/aromatic N) is 4. The van der Waals surface area contributed by atoms with E-state index in [4.69, 9.17) is 4.42 Å². The maximum absolute atomic E-state index is 13.1. The van der Waals surface area contributed by atoms with Crippen molar-refractivity contribution in [1.29, 1.82) is 0 Å². The third-order valence-corrected chi connectivity index (χ3v) is 5.33. The summed E-state index contributed by atoms with van der Waals surface area (Å²) in [5, 5.41) is 8.36. The highest BCUT2D eigenvalue weighted by Gasteiger charge is 2.25. The highest BCUT2D eigenvalue weighted by Crippen LogP contribution is 2.25. The van der Waals surface area contributed by atoms with E-state index in [-0.39, 0.29) is 11.9 Å². The lowest BCUT2D eigenvalue weighted by molar-refractivity contribution is 0.0876. The fraction of sp³-hybridized carbons (Fsp3) is 0.364. The van der Waals surface area contributed by atoms with Crippen LogP contribution < -0.4 is 0 Å². The van der Waals surface area contributed by atoms with Crippen LogP contribution in [0.4, 0.5) is 4.39 Å². The molecule has 0 radical (unpaired) electrons. The van der Waals surface area contributed by atoms with Gasteiger partial charge in [0.25, 0.3) is 0 Å². The Morgan fingerprint density at radius 2 is 1.79 bits per heavy atom. The summed E-state index contributed by atoms with van der Waals surface area (Å²) in [7, 11) is 0. The van der Waals surface area contributed by atoms with E-state index >= 15 is 0 Å². The van der Waals surface area contributed by atoms with Crippen LogP contribution in [-0.2, 0) is 6.54 Å². The molecule has 0 aliphatic carbocycles. The molecular formula is C22H25FN4O. The number of rotatable bonds is 5. The van der Waals surface area contributed by atoms with E-state index in [1.54, 1.807) is 12.1 Å². The van der Waals surface area contributed by atoms with Crippen molar-refractivity contribution in [2.45, 2.75) is 26.4 Å². The second-order valence-electron chi connectivity index (χ2n) is 7.43. The first-order chi connectivity index (χ1) is 13.6. The van der Waals surface area contributed by atoms with Crippen LogP contribution in [0, 0.1) is 12.7 Å². The van der Waals surface area contributed by atoms with Gasteiger partial charge in [0.15, 0.2) is 0 Å². The number of halogens is 1. The van der Waals surface area contributed by atoms with Crippen molar-refractivity contribution < 1.29 is 8.81 Å². The third kappa shape index (κ3) is 4.29. The molecule has 3 aromatic rings. The lowest BCUT2D eigenvalue weighted by Crippen LogP contribution is -2.46. The molecule has 2 heterocycles. The summed E-state index contributed by atoms with van der Waals surface area (Å²) in [4.78, 5) is 4.85. The predicted octanol–water partition coefficient (Wildman–Crippen LogP) is 4.06. The van der Waals surface area contributed by atoms with Gasteiger partial charge in [0.2, 0.25) is 11.8 Å². The number of hydrogen-bond acceptors (Lipinski definition) is 5. The fourth-order valence-corrected chi connectivity index (χ4v) is 3.65. The van der Waals surface area contributed by atoms with Gasteiger partial charge in [-0.3, -0.25) is 9.80 Å². The van der Waals surface area contributed by atoms with Crippen molar-refractivity contribution in [1.82, 2.24) is 20.0 Å². The quantitative estimate of drug-likeness (QED) is 0.668. The van der Waals surface area contributed by atoms with Crippen LogP contribution in [0.2, 0.25) is 0 Å². The molecule has 0 bridgehead atoms. The topological polar surface area (TPSA) is 45.4 Å². The van der Waals surface area contributed by atoms with Gasteiger partial charge in [0.1, 0.15) is 5.82 Å². The monoisotopic (exact) mass is 380 g/mol. The molecule has 0 N–H and O–H groups in total. The van der Waals surface area contributed by atoms with Gasteiger partial charge < -0.3 is 4.42 Å². The minimum Gasteiger partial charge on any atom is -0.419 e. The molecule has 1 aliphatic heterocycles. The minimum absolute atomic E-state index is 0.0582. The molecule has 0 unspecified atom stereocenters. The Balaban J connectivity index is 1.35. The van der Waals surface area contributed by atoms with Crippen LogP contribution in [0.3, 0.4) is 0 Å². The molecule has 4 rings (SSSR count). The van der Waals surface area contributed by atoms with Crippen LogP contribution in [0.25, 0.3) is 11.5 Å². The van der Waals surface area contributed by atoms with Gasteiger partial charge in [0, 0.05) is 38.3 Å². The highest BCUT2D eigenvalue weighted by atomic mass is 19.1. The van der Waals surface area contributed by atoms with Crippen molar-refractivity contribution >= 4 is 0 Å². The van der Waals surface area contributed by atoms with Crippen molar-refractivity contribution in [2.75, 3.05) is 26.2 Å². The van der Waals surface area contributed by atoms with Gasteiger partial charge in [-0.25, -0.2) is 4.39 Å². The Morgan fingerprint density at radius 3 is 2.50 bits per heavy atom. The highest BCUT2D eigenvalue weighted by molar-refractivity contribution is 5.51. The zero-order valence-corrected chi connectivity index (χ0v) is 16.3. The van der Waals surface area contributed by atoms with E-state index in [2.05, 4.69) is 58.1 Å². The summed E-state index contributed by atoms with van der Waals surface area (Å²) in [5.74, 6) is 0.756. The Kier molecular flexibility index (Phi) is 5.50. The van der Waals surface area contributed by atoms with Gasteiger partial charge in [0.05, 0.1) is 6.04 Å². The lowest BCUT2D eigenvalue weighted by atomic mass is 10.1. The Hall–Kier alpha value is -2.57. The van der Waals surface area contributed by atoms with Gasteiger partial charge >= 0.3 is 0 Å². The molecule has 6 heteroatoms. The average Bonchev–Trinajstić information content (AvgIpc) is 3.19. The number of piperazine rings is 1. The van der Waals surface area contributed by atoms with Crippen LogP contribution >= 0.6 is 0 Å². The molecule has 1 atom stereocenters. The van der Waals surface area contributed by atoms with Crippen molar-refractivity contribution in [3.05, 3.63) is 71.4 Å². The normalized spacial score (nSPS) is 17.0. The van der Waals surface area contributed by atoms with Crippen molar-refractivity contribution in [3.63, 3.8) is 0 Å². The van der Waals surface area contributed by atoms with Gasteiger partial charge in [-0.1, -0.05) is 29.8 Å². The molecule has 1 aromatic heterocycles. The fourth-order valence-electron chi connectivity index (χ4n) is 3.65. The second kappa shape index (κ2) is 8.20. The number of hydrogen-bond donors (Lipinski definition) is 0. The molecule has 0 saturated carbocycles. The number of aromatic nitrogens is 2. The molecule has 0 spiro atoms. The molecule has 1 aliphatic rings. The van der Waals surface area contributed by atoms with Gasteiger partial charge in [-0.2, -0.15) is 0 Å². The van der Waals surface area contributed by atoms with E-state index in [1.165, 1.54) is 23.3 Å². The standard InChI is InChI=1S/C22H25FN4O/c1-16-4-3-5-18(14-16)15-26-10-12-27(13-11-26)17(2)21-24-25-22(28-21)19-6-8-20(23)9-7-19/h3-9,14,17H,10-13,15H2,1-2H3/t17-/m0/s1. The maximum atomic E-state index is 13.1. The lowest BCUT2D eigenvalue weighted by Gasteiger charge is -2.36. The molecule has 146 valence electrons. The van der Waals surface area contributed by atoms with E-state index in [1.807, 2.05) is 0 Å². The van der Waals surface area contributed by atoms with E-state index < -0.39 is 0 Å². The molecule has 0 amide bonds. The van der Waals surface area contributed by atoms with Crippen molar-refractivity contribution in [2.24, 2.45) is 0 Å². The Bertz CT molecular complexity index is 916. The summed E-state index contributed by atoms with van der Waals surface area (Å²) in [6.45, 7) is 9.15. The SMILES string of the molecule is Cc1cccc(CN2CCN([C@@H](C)c3nnc(-c4ccc(F)cc4)o3)CC2)c1. The largest absolute Gasteiger partial charge is 0.419 e. The number of benzene rings is 2. The zero-order valence-electron chi connectivity index (χ0n) is 16.3. The van der Waals surface area contributed by atoms with Crippen LogP contribution in [0.5, 0.6) is 0 Å². The molecule has 2 aromatic carbocycles. The second-order valence-corrected chi connectivity index (χ2v) is 7.43. The number of aryl methyl sites for hydroxylation is 1. The van der Waals surface area contributed by atoms with E-state index in [9.17, 15) is 4.39 Å². The van der Waals surface area contributed by atoms with E-state index in [0.717, 1.165) is 38.3 Å². The first kappa shape index (κ1) is 18.8. The smallest absolute Gasteiger partial charge is 0.247 e. The Morgan fingerprint density at radius 1 is 1.04 bits per heavy atom. The summed E-state index contributed by atoms with van der Waals surface area (Å²) in [5.41, 5.74) is 3.40.